The fourth-order valence-electron chi connectivity index (χ4n) is 2.60. The molecule has 2 heterocycles. The Bertz CT molecular complexity index is 473. The van der Waals surface area contributed by atoms with Gasteiger partial charge < -0.3 is 15.0 Å². The van der Waals surface area contributed by atoms with Crippen molar-refractivity contribution >= 4 is 5.91 Å². The third-order valence-corrected chi connectivity index (χ3v) is 3.62. The van der Waals surface area contributed by atoms with Crippen molar-refractivity contribution in [3.63, 3.8) is 0 Å². The van der Waals surface area contributed by atoms with Gasteiger partial charge in [0.1, 0.15) is 0 Å². The highest BCUT2D eigenvalue weighted by Gasteiger charge is 2.22. The Labute approximate surface area is 107 Å². The van der Waals surface area contributed by atoms with Crippen LogP contribution in [0.4, 0.5) is 0 Å². The summed E-state index contributed by atoms with van der Waals surface area (Å²) in [6.07, 6.45) is 0. The van der Waals surface area contributed by atoms with E-state index in [-0.39, 0.29) is 5.91 Å². The van der Waals surface area contributed by atoms with Crippen molar-refractivity contribution in [1.29, 1.82) is 0 Å². The fraction of sp³-hybridized carbons (Fsp3) is 0.500. The number of fused-ring (bicyclic) bond motifs is 1. The minimum atomic E-state index is 0.137. The number of carbonyl (C=O) groups is 1. The number of carbonyl (C=O) groups excluding carboxylic acids is 1. The topological polar surface area (TPSA) is 41.6 Å². The molecule has 0 saturated carbocycles. The summed E-state index contributed by atoms with van der Waals surface area (Å²) in [5.41, 5.74) is 3.15. The van der Waals surface area contributed by atoms with Crippen LogP contribution in [0.5, 0.6) is 0 Å². The summed E-state index contributed by atoms with van der Waals surface area (Å²) in [6.45, 7) is 5.86. The average Bonchev–Trinajstić information content (AvgIpc) is 2.85. The van der Waals surface area contributed by atoms with Crippen molar-refractivity contribution in [2.75, 3.05) is 19.6 Å². The first kappa shape index (κ1) is 11.7. The molecule has 2 aliphatic rings. The van der Waals surface area contributed by atoms with Gasteiger partial charge in [0.15, 0.2) is 0 Å². The Hall–Kier alpha value is -1.39. The van der Waals surface area contributed by atoms with E-state index >= 15 is 0 Å². The van der Waals surface area contributed by atoms with Crippen LogP contribution in [0.2, 0.25) is 0 Å². The zero-order valence-electron chi connectivity index (χ0n) is 10.6. The van der Waals surface area contributed by atoms with Gasteiger partial charge in [0.25, 0.3) is 5.91 Å². The van der Waals surface area contributed by atoms with E-state index in [4.69, 9.17) is 4.74 Å². The molecule has 1 amide bonds. The van der Waals surface area contributed by atoms with Gasteiger partial charge in [-0.05, 0) is 30.2 Å². The number of piperazine rings is 1. The molecule has 96 valence electrons. The number of amides is 1. The van der Waals surface area contributed by atoms with Gasteiger partial charge in [-0.15, -0.1) is 0 Å². The molecule has 1 atom stereocenters. The van der Waals surface area contributed by atoms with Gasteiger partial charge >= 0.3 is 0 Å². The van der Waals surface area contributed by atoms with Crippen LogP contribution in [-0.2, 0) is 18.0 Å². The second-order valence-electron chi connectivity index (χ2n) is 5.08. The normalized spacial score (nSPS) is 22.9. The molecule has 1 aromatic rings. The van der Waals surface area contributed by atoms with Crippen LogP contribution in [0.15, 0.2) is 18.2 Å². The molecular weight excluding hydrogens is 228 g/mol. The number of benzene rings is 1. The number of rotatable bonds is 1. The first-order valence-electron chi connectivity index (χ1n) is 6.46. The van der Waals surface area contributed by atoms with Gasteiger partial charge in [-0.2, -0.15) is 0 Å². The molecule has 4 heteroatoms. The molecule has 0 radical (unpaired) electrons. The van der Waals surface area contributed by atoms with Gasteiger partial charge in [0.05, 0.1) is 13.2 Å². The Morgan fingerprint density at radius 2 is 2.22 bits per heavy atom. The molecule has 2 aliphatic heterocycles. The van der Waals surface area contributed by atoms with Crippen LogP contribution < -0.4 is 5.32 Å². The molecule has 1 fully saturated rings. The van der Waals surface area contributed by atoms with E-state index in [0.717, 1.165) is 30.8 Å². The Kier molecular flexibility index (Phi) is 3.06. The van der Waals surface area contributed by atoms with Crippen molar-refractivity contribution in [2.45, 2.75) is 26.2 Å². The lowest BCUT2D eigenvalue weighted by Crippen LogP contribution is -2.51. The highest BCUT2D eigenvalue weighted by atomic mass is 16.5. The minimum absolute atomic E-state index is 0.137. The van der Waals surface area contributed by atoms with Crippen LogP contribution >= 0.6 is 0 Å². The van der Waals surface area contributed by atoms with E-state index in [1.54, 1.807) is 0 Å². The fourth-order valence-corrected chi connectivity index (χ4v) is 2.60. The molecule has 18 heavy (non-hydrogen) atoms. The third kappa shape index (κ3) is 2.13. The monoisotopic (exact) mass is 246 g/mol. The molecule has 0 unspecified atom stereocenters. The van der Waals surface area contributed by atoms with Gasteiger partial charge in [0, 0.05) is 31.2 Å². The molecule has 4 nitrogen and oxygen atoms in total. The summed E-state index contributed by atoms with van der Waals surface area (Å²) >= 11 is 0. The summed E-state index contributed by atoms with van der Waals surface area (Å²) in [7, 11) is 0. The number of hydrogen-bond donors (Lipinski definition) is 1. The zero-order chi connectivity index (χ0) is 12.5. The molecule has 0 aromatic heterocycles. The summed E-state index contributed by atoms with van der Waals surface area (Å²) in [5.74, 6) is 0.137. The molecule has 0 spiro atoms. The van der Waals surface area contributed by atoms with E-state index in [1.165, 1.54) is 5.56 Å². The van der Waals surface area contributed by atoms with Crippen LogP contribution in [0.1, 0.15) is 28.4 Å². The second kappa shape index (κ2) is 4.71. The molecule has 1 saturated heterocycles. The molecular formula is C14H18N2O2. The van der Waals surface area contributed by atoms with Crippen molar-refractivity contribution in [2.24, 2.45) is 0 Å². The number of nitrogens with one attached hydrogen (secondary N) is 1. The Morgan fingerprint density at radius 3 is 3.06 bits per heavy atom. The predicted octanol–water partition coefficient (Wildman–Crippen LogP) is 1.15. The zero-order valence-corrected chi connectivity index (χ0v) is 10.6. The number of nitrogens with zero attached hydrogens (tertiary/aromatic N) is 1. The molecule has 0 bridgehead atoms. The van der Waals surface area contributed by atoms with E-state index in [9.17, 15) is 4.79 Å². The molecule has 1 N–H and O–H groups in total. The third-order valence-electron chi connectivity index (χ3n) is 3.62. The first-order chi connectivity index (χ1) is 8.74. The Balaban J connectivity index is 1.79. The van der Waals surface area contributed by atoms with E-state index in [1.807, 2.05) is 23.1 Å². The quantitative estimate of drug-likeness (QED) is 0.808. The second-order valence-corrected chi connectivity index (χ2v) is 5.08. The lowest BCUT2D eigenvalue weighted by atomic mass is 10.0. The van der Waals surface area contributed by atoms with E-state index in [2.05, 4.69) is 12.2 Å². The average molecular weight is 246 g/mol. The lowest BCUT2D eigenvalue weighted by Gasteiger charge is -2.32. The van der Waals surface area contributed by atoms with Crippen LogP contribution in [0.3, 0.4) is 0 Å². The largest absolute Gasteiger partial charge is 0.372 e. The molecule has 0 aliphatic carbocycles. The van der Waals surface area contributed by atoms with Crippen molar-refractivity contribution < 1.29 is 9.53 Å². The van der Waals surface area contributed by atoms with Crippen LogP contribution in [0.25, 0.3) is 0 Å². The van der Waals surface area contributed by atoms with Gasteiger partial charge in [0.2, 0.25) is 0 Å². The molecule has 3 rings (SSSR count). The first-order valence-corrected chi connectivity index (χ1v) is 6.46. The highest BCUT2D eigenvalue weighted by Crippen LogP contribution is 2.21. The van der Waals surface area contributed by atoms with Gasteiger partial charge in [-0.3, -0.25) is 4.79 Å². The number of hydrogen-bond acceptors (Lipinski definition) is 3. The van der Waals surface area contributed by atoms with Gasteiger partial charge in [-0.25, -0.2) is 0 Å². The standard InChI is InChI=1S/C14H18N2O2/c1-10-7-16(5-4-15-10)14(17)11-2-3-12-8-18-9-13(12)6-11/h2-3,6,10,15H,4-5,7-9H2,1H3/t10-/m1/s1. The predicted molar refractivity (Wildman–Crippen MR) is 68.3 cm³/mol. The summed E-state index contributed by atoms with van der Waals surface area (Å²) in [5, 5.41) is 3.35. The smallest absolute Gasteiger partial charge is 0.253 e. The summed E-state index contributed by atoms with van der Waals surface area (Å²) in [6, 6.07) is 6.29. The SMILES string of the molecule is C[C@@H]1CN(C(=O)c2ccc3c(c2)COC3)CCN1. The summed E-state index contributed by atoms with van der Waals surface area (Å²) < 4.78 is 5.38. The highest BCUT2D eigenvalue weighted by molar-refractivity contribution is 5.94. The van der Waals surface area contributed by atoms with Crippen LogP contribution in [0, 0.1) is 0 Å². The minimum Gasteiger partial charge on any atom is -0.372 e. The van der Waals surface area contributed by atoms with Crippen molar-refractivity contribution in [3.8, 4) is 0 Å². The lowest BCUT2D eigenvalue weighted by molar-refractivity contribution is 0.0709. The van der Waals surface area contributed by atoms with Crippen molar-refractivity contribution in [1.82, 2.24) is 10.2 Å². The van der Waals surface area contributed by atoms with Crippen LogP contribution in [-0.4, -0.2) is 36.5 Å². The van der Waals surface area contributed by atoms with E-state index < -0.39 is 0 Å². The summed E-state index contributed by atoms with van der Waals surface area (Å²) in [4.78, 5) is 14.3. The maximum Gasteiger partial charge on any atom is 0.253 e. The molecule has 1 aromatic carbocycles. The maximum absolute atomic E-state index is 12.4. The maximum atomic E-state index is 12.4. The van der Waals surface area contributed by atoms with Crippen molar-refractivity contribution in [3.05, 3.63) is 34.9 Å². The van der Waals surface area contributed by atoms with E-state index in [0.29, 0.717) is 19.3 Å². The number of ether oxygens (including phenoxy) is 1. The van der Waals surface area contributed by atoms with Gasteiger partial charge in [-0.1, -0.05) is 6.07 Å². The Morgan fingerprint density at radius 1 is 1.39 bits per heavy atom.